The van der Waals surface area contributed by atoms with Crippen molar-refractivity contribution in [1.82, 2.24) is 4.98 Å². The number of aromatic nitrogens is 1. The normalized spacial score (nSPS) is 14.8. The lowest BCUT2D eigenvalue weighted by molar-refractivity contribution is -0.115. The number of rotatable bonds is 6. The molecule has 0 radical (unpaired) electrons. The summed E-state index contributed by atoms with van der Waals surface area (Å²) in [5.41, 5.74) is 0.529. The standard InChI is InChI=1S/C18H20ClN3O4S/c19-14-1-4-16(5-2-14)27(24,25)12-7-18(23)21-15-3-6-17(20-13-15)22-8-10-26-11-9-22/h1-6,13H,7-12H2,(H,21,23). The van der Waals surface area contributed by atoms with Crippen molar-refractivity contribution in [3.63, 3.8) is 0 Å². The van der Waals surface area contributed by atoms with Gasteiger partial charge in [0.25, 0.3) is 0 Å². The third kappa shape index (κ3) is 5.41. The van der Waals surface area contributed by atoms with Gasteiger partial charge in [-0.25, -0.2) is 13.4 Å². The smallest absolute Gasteiger partial charge is 0.225 e. The first kappa shape index (κ1) is 19.6. The molecule has 0 atom stereocenters. The highest BCUT2D eigenvalue weighted by Crippen LogP contribution is 2.18. The molecule has 0 bridgehead atoms. The van der Waals surface area contributed by atoms with Crippen LogP contribution in [0.3, 0.4) is 0 Å². The number of nitrogens with zero attached hydrogens (tertiary/aromatic N) is 2. The molecule has 2 heterocycles. The maximum atomic E-state index is 12.3. The Labute approximate surface area is 163 Å². The van der Waals surface area contributed by atoms with E-state index in [1.54, 1.807) is 12.3 Å². The van der Waals surface area contributed by atoms with Gasteiger partial charge in [0.2, 0.25) is 5.91 Å². The summed E-state index contributed by atoms with van der Waals surface area (Å²) in [7, 11) is -3.54. The van der Waals surface area contributed by atoms with Gasteiger partial charge < -0.3 is 15.0 Å². The fraction of sp³-hybridized carbons (Fsp3) is 0.333. The van der Waals surface area contributed by atoms with Crippen LogP contribution in [0.4, 0.5) is 11.5 Å². The number of ether oxygens (including phenoxy) is 1. The van der Waals surface area contributed by atoms with Gasteiger partial charge in [-0.05, 0) is 36.4 Å². The first-order valence-corrected chi connectivity index (χ1v) is 10.5. The molecule has 0 aliphatic carbocycles. The molecule has 27 heavy (non-hydrogen) atoms. The van der Waals surface area contributed by atoms with Crippen molar-refractivity contribution in [3.8, 4) is 0 Å². The number of pyridine rings is 1. The third-order valence-electron chi connectivity index (χ3n) is 4.14. The lowest BCUT2D eigenvalue weighted by Gasteiger charge is -2.27. The number of halogens is 1. The van der Waals surface area contributed by atoms with Gasteiger partial charge in [0.15, 0.2) is 9.84 Å². The van der Waals surface area contributed by atoms with Gasteiger partial charge in [-0.3, -0.25) is 4.79 Å². The van der Waals surface area contributed by atoms with E-state index >= 15 is 0 Å². The summed E-state index contributed by atoms with van der Waals surface area (Å²) in [6.07, 6.45) is 1.42. The number of carbonyl (C=O) groups excluding carboxylic acids is 1. The number of amides is 1. The molecule has 7 nitrogen and oxygen atoms in total. The molecule has 1 N–H and O–H groups in total. The minimum atomic E-state index is -3.54. The van der Waals surface area contributed by atoms with Crippen LogP contribution >= 0.6 is 11.6 Å². The molecular weight excluding hydrogens is 390 g/mol. The quantitative estimate of drug-likeness (QED) is 0.787. The summed E-state index contributed by atoms with van der Waals surface area (Å²) in [6.45, 7) is 2.90. The van der Waals surface area contributed by atoms with Crippen LogP contribution in [-0.2, 0) is 19.4 Å². The largest absolute Gasteiger partial charge is 0.378 e. The van der Waals surface area contributed by atoms with Crippen LogP contribution in [-0.4, -0.2) is 51.4 Å². The van der Waals surface area contributed by atoms with Gasteiger partial charge in [0.05, 0.1) is 35.7 Å². The minimum Gasteiger partial charge on any atom is -0.378 e. The fourth-order valence-electron chi connectivity index (χ4n) is 2.65. The predicted molar refractivity (Wildman–Crippen MR) is 104 cm³/mol. The maximum Gasteiger partial charge on any atom is 0.225 e. The van der Waals surface area contributed by atoms with E-state index in [0.717, 1.165) is 18.9 Å². The van der Waals surface area contributed by atoms with Crippen LogP contribution in [0, 0.1) is 0 Å². The number of anilines is 2. The van der Waals surface area contributed by atoms with E-state index in [2.05, 4.69) is 15.2 Å². The van der Waals surface area contributed by atoms with Crippen LogP contribution in [0.2, 0.25) is 5.02 Å². The van der Waals surface area contributed by atoms with Crippen LogP contribution in [0.5, 0.6) is 0 Å². The van der Waals surface area contributed by atoms with Crippen molar-refractivity contribution in [2.75, 3.05) is 42.3 Å². The number of carbonyl (C=O) groups is 1. The molecule has 1 aliphatic heterocycles. The fourth-order valence-corrected chi connectivity index (χ4v) is 4.02. The first-order chi connectivity index (χ1) is 12.9. The molecule has 2 aromatic rings. The molecule has 1 fully saturated rings. The molecule has 1 aliphatic rings. The Morgan fingerprint density at radius 3 is 2.48 bits per heavy atom. The second-order valence-electron chi connectivity index (χ2n) is 6.08. The summed E-state index contributed by atoms with van der Waals surface area (Å²) >= 11 is 5.77. The zero-order valence-corrected chi connectivity index (χ0v) is 16.2. The number of nitrogens with one attached hydrogen (secondary N) is 1. The maximum absolute atomic E-state index is 12.3. The molecule has 1 saturated heterocycles. The predicted octanol–water partition coefficient (Wildman–Crippen LogP) is 2.37. The van der Waals surface area contributed by atoms with E-state index in [0.29, 0.717) is 23.9 Å². The topological polar surface area (TPSA) is 88.6 Å². The monoisotopic (exact) mass is 409 g/mol. The van der Waals surface area contributed by atoms with E-state index in [1.165, 1.54) is 24.3 Å². The number of benzene rings is 1. The second kappa shape index (κ2) is 8.69. The average molecular weight is 410 g/mol. The van der Waals surface area contributed by atoms with E-state index in [9.17, 15) is 13.2 Å². The highest BCUT2D eigenvalue weighted by molar-refractivity contribution is 7.91. The zero-order chi connectivity index (χ0) is 19.3. The van der Waals surface area contributed by atoms with E-state index in [1.807, 2.05) is 6.07 Å². The van der Waals surface area contributed by atoms with Gasteiger partial charge in [-0.1, -0.05) is 11.6 Å². The first-order valence-electron chi connectivity index (χ1n) is 8.51. The molecule has 0 saturated carbocycles. The van der Waals surface area contributed by atoms with E-state index in [-0.39, 0.29) is 23.0 Å². The van der Waals surface area contributed by atoms with Crippen LogP contribution in [0.25, 0.3) is 0 Å². The summed E-state index contributed by atoms with van der Waals surface area (Å²) in [6, 6.07) is 9.47. The van der Waals surface area contributed by atoms with Gasteiger partial charge in [0.1, 0.15) is 5.82 Å². The van der Waals surface area contributed by atoms with Crippen LogP contribution in [0.15, 0.2) is 47.5 Å². The number of sulfone groups is 1. The molecule has 0 spiro atoms. The molecule has 9 heteroatoms. The Morgan fingerprint density at radius 1 is 1.15 bits per heavy atom. The Kier molecular flexibility index (Phi) is 6.30. The van der Waals surface area contributed by atoms with Crippen molar-refractivity contribution in [2.45, 2.75) is 11.3 Å². The number of morpholine rings is 1. The van der Waals surface area contributed by atoms with Gasteiger partial charge in [0, 0.05) is 24.5 Å². The van der Waals surface area contributed by atoms with E-state index in [4.69, 9.17) is 16.3 Å². The Bertz CT molecular complexity index is 880. The van der Waals surface area contributed by atoms with Gasteiger partial charge in [-0.2, -0.15) is 0 Å². The van der Waals surface area contributed by atoms with Crippen molar-refractivity contribution in [2.24, 2.45) is 0 Å². The number of hydrogen-bond acceptors (Lipinski definition) is 6. The summed E-state index contributed by atoms with van der Waals surface area (Å²) < 4.78 is 29.8. The van der Waals surface area contributed by atoms with Crippen molar-refractivity contribution in [3.05, 3.63) is 47.6 Å². The highest BCUT2D eigenvalue weighted by Gasteiger charge is 2.17. The Hall–Kier alpha value is -2.16. The van der Waals surface area contributed by atoms with Crippen molar-refractivity contribution in [1.29, 1.82) is 0 Å². The SMILES string of the molecule is O=C(CCS(=O)(=O)c1ccc(Cl)cc1)Nc1ccc(N2CCOCC2)nc1. The second-order valence-corrected chi connectivity index (χ2v) is 8.62. The molecule has 1 aromatic carbocycles. The average Bonchev–Trinajstić information content (AvgIpc) is 2.68. The lowest BCUT2D eigenvalue weighted by Crippen LogP contribution is -2.36. The van der Waals surface area contributed by atoms with Crippen molar-refractivity contribution < 1.29 is 17.9 Å². The molecule has 1 amide bonds. The Morgan fingerprint density at radius 2 is 1.85 bits per heavy atom. The molecule has 1 aromatic heterocycles. The minimum absolute atomic E-state index is 0.143. The van der Waals surface area contributed by atoms with E-state index < -0.39 is 9.84 Å². The molecule has 3 rings (SSSR count). The molecule has 144 valence electrons. The Balaban J connectivity index is 1.53. The van der Waals surface area contributed by atoms with Gasteiger partial charge >= 0.3 is 0 Å². The van der Waals surface area contributed by atoms with Crippen molar-refractivity contribution >= 4 is 38.9 Å². The highest BCUT2D eigenvalue weighted by atomic mass is 35.5. The van der Waals surface area contributed by atoms with Crippen LogP contribution < -0.4 is 10.2 Å². The summed E-state index contributed by atoms with van der Waals surface area (Å²) in [4.78, 5) is 18.7. The van der Waals surface area contributed by atoms with Gasteiger partial charge in [-0.15, -0.1) is 0 Å². The summed E-state index contributed by atoms with van der Waals surface area (Å²) in [5.74, 6) is 0.162. The molecular formula is C18H20ClN3O4S. The molecule has 0 unspecified atom stereocenters. The third-order valence-corrected chi connectivity index (χ3v) is 6.12. The number of hydrogen-bond donors (Lipinski definition) is 1. The summed E-state index contributed by atoms with van der Waals surface area (Å²) in [5, 5.41) is 3.13. The van der Waals surface area contributed by atoms with Crippen LogP contribution in [0.1, 0.15) is 6.42 Å². The lowest BCUT2D eigenvalue weighted by atomic mass is 10.3. The zero-order valence-electron chi connectivity index (χ0n) is 14.6.